The second-order valence-corrected chi connectivity index (χ2v) is 5.02. The summed E-state index contributed by atoms with van der Waals surface area (Å²) < 4.78 is 5.85. The van der Waals surface area contributed by atoms with Crippen LogP contribution in [0.5, 0.6) is 0 Å². The van der Waals surface area contributed by atoms with Crippen molar-refractivity contribution in [2.24, 2.45) is 5.73 Å². The fourth-order valence-electron chi connectivity index (χ4n) is 2.40. The maximum Gasteiger partial charge on any atom is 0.134 e. The third-order valence-electron chi connectivity index (χ3n) is 3.52. The van der Waals surface area contributed by atoms with Gasteiger partial charge in [0.05, 0.1) is 6.04 Å². The molecule has 0 saturated carbocycles. The molecule has 0 aliphatic rings. The Bertz CT molecular complexity index is 694. The van der Waals surface area contributed by atoms with Crippen molar-refractivity contribution in [1.82, 2.24) is 0 Å². The van der Waals surface area contributed by atoms with E-state index in [0.29, 0.717) is 0 Å². The molecule has 1 heterocycles. The van der Waals surface area contributed by atoms with Gasteiger partial charge in [-0.1, -0.05) is 42.0 Å². The number of furan rings is 1. The molecule has 2 nitrogen and oxygen atoms in total. The normalized spacial score (nSPS) is 12.8. The first-order chi connectivity index (χ1) is 9.15. The van der Waals surface area contributed by atoms with Gasteiger partial charge in [-0.15, -0.1) is 0 Å². The molecular formula is C17H17NO. The molecule has 0 saturated heterocycles. The van der Waals surface area contributed by atoms with Crippen molar-refractivity contribution < 1.29 is 4.42 Å². The monoisotopic (exact) mass is 251 g/mol. The van der Waals surface area contributed by atoms with Crippen LogP contribution in [0.25, 0.3) is 11.0 Å². The number of hydrogen-bond donors (Lipinski definition) is 1. The van der Waals surface area contributed by atoms with E-state index in [1.165, 1.54) is 11.1 Å². The molecule has 19 heavy (non-hydrogen) atoms. The first-order valence-corrected chi connectivity index (χ1v) is 6.46. The van der Waals surface area contributed by atoms with Gasteiger partial charge in [0, 0.05) is 5.39 Å². The first kappa shape index (κ1) is 12.0. The zero-order valence-electron chi connectivity index (χ0n) is 11.2. The van der Waals surface area contributed by atoms with Gasteiger partial charge in [-0.2, -0.15) is 0 Å². The largest absolute Gasteiger partial charge is 0.459 e. The van der Waals surface area contributed by atoms with Crippen molar-refractivity contribution in [2.45, 2.75) is 19.9 Å². The van der Waals surface area contributed by atoms with Crippen molar-refractivity contribution in [3.05, 3.63) is 71.0 Å². The molecule has 3 aromatic rings. The van der Waals surface area contributed by atoms with E-state index >= 15 is 0 Å². The Labute approximate surface area is 112 Å². The lowest BCUT2D eigenvalue weighted by molar-refractivity contribution is 0.524. The highest BCUT2D eigenvalue weighted by Gasteiger charge is 2.16. The lowest BCUT2D eigenvalue weighted by Crippen LogP contribution is -2.12. The van der Waals surface area contributed by atoms with E-state index < -0.39 is 0 Å². The quantitative estimate of drug-likeness (QED) is 0.744. The standard InChI is InChI=1S/C17H17NO/c1-11-7-8-12(2)14(9-11)17(18)16-10-13-5-3-4-6-15(13)19-16/h3-10,17H,18H2,1-2H3. The van der Waals surface area contributed by atoms with Crippen LogP contribution in [0, 0.1) is 13.8 Å². The average molecular weight is 251 g/mol. The lowest BCUT2D eigenvalue weighted by atomic mass is 9.98. The summed E-state index contributed by atoms with van der Waals surface area (Å²) in [5.74, 6) is 0.815. The fourth-order valence-corrected chi connectivity index (χ4v) is 2.40. The maximum atomic E-state index is 6.36. The number of fused-ring (bicyclic) bond motifs is 1. The van der Waals surface area contributed by atoms with Gasteiger partial charge in [0.2, 0.25) is 0 Å². The fraction of sp³-hybridized carbons (Fsp3) is 0.176. The van der Waals surface area contributed by atoms with Gasteiger partial charge in [0.1, 0.15) is 11.3 Å². The summed E-state index contributed by atoms with van der Waals surface area (Å²) in [6.45, 7) is 4.16. The lowest BCUT2D eigenvalue weighted by Gasteiger charge is -2.13. The van der Waals surface area contributed by atoms with Crippen molar-refractivity contribution in [3.8, 4) is 0 Å². The van der Waals surface area contributed by atoms with Crippen LogP contribution >= 0.6 is 0 Å². The smallest absolute Gasteiger partial charge is 0.134 e. The molecule has 0 spiro atoms. The minimum atomic E-state index is -0.215. The molecule has 0 radical (unpaired) electrons. The zero-order chi connectivity index (χ0) is 13.4. The second kappa shape index (κ2) is 4.56. The summed E-state index contributed by atoms with van der Waals surface area (Å²) in [7, 11) is 0. The van der Waals surface area contributed by atoms with Gasteiger partial charge in [-0.3, -0.25) is 0 Å². The van der Waals surface area contributed by atoms with Gasteiger partial charge in [0.15, 0.2) is 0 Å². The Morgan fingerprint density at radius 2 is 1.79 bits per heavy atom. The van der Waals surface area contributed by atoms with Gasteiger partial charge in [-0.05, 0) is 37.1 Å². The van der Waals surface area contributed by atoms with Crippen LogP contribution in [0.2, 0.25) is 0 Å². The van der Waals surface area contributed by atoms with Crippen LogP contribution in [0.4, 0.5) is 0 Å². The third-order valence-corrected chi connectivity index (χ3v) is 3.52. The molecule has 1 aromatic heterocycles. The molecule has 2 N–H and O–H groups in total. The Hall–Kier alpha value is -2.06. The highest BCUT2D eigenvalue weighted by atomic mass is 16.3. The molecule has 0 bridgehead atoms. The molecule has 0 aliphatic heterocycles. The Morgan fingerprint density at radius 1 is 1.00 bits per heavy atom. The van der Waals surface area contributed by atoms with E-state index in [0.717, 1.165) is 22.3 Å². The minimum Gasteiger partial charge on any atom is -0.459 e. The predicted octanol–water partition coefficient (Wildman–Crippen LogP) is 4.10. The number of rotatable bonds is 2. The van der Waals surface area contributed by atoms with Crippen molar-refractivity contribution >= 4 is 11.0 Å². The van der Waals surface area contributed by atoms with E-state index in [2.05, 4.69) is 32.0 Å². The molecule has 1 atom stereocenters. The van der Waals surface area contributed by atoms with Crippen LogP contribution in [0.15, 0.2) is 52.9 Å². The van der Waals surface area contributed by atoms with E-state index in [4.69, 9.17) is 10.2 Å². The molecule has 0 amide bonds. The summed E-state index contributed by atoms with van der Waals surface area (Å²) in [5.41, 5.74) is 10.8. The van der Waals surface area contributed by atoms with E-state index in [1.54, 1.807) is 0 Å². The van der Waals surface area contributed by atoms with Gasteiger partial charge >= 0.3 is 0 Å². The molecule has 0 fully saturated rings. The number of benzene rings is 2. The summed E-state index contributed by atoms with van der Waals surface area (Å²) in [5, 5.41) is 1.10. The predicted molar refractivity (Wildman–Crippen MR) is 78.2 cm³/mol. The number of hydrogen-bond acceptors (Lipinski definition) is 2. The highest BCUT2D eigenvalue weighted by Crippen LogP contribution is 2.28. The second-order valence-electron chi connectivity index (χ2n) is 5.02. The van der Waals surface area contributed by atoms with Crippen LogP contribution in [0.1, 0.15) is 28.5 Å². The molecule has 3 rings (SSSR count). The van der Waals surface area contributed by atoms with Crippen LogP contribution in [-0.4, -0.2) is 0 Å². The Morgan fingerprint density at radius 3 is 2.58 bits per heavy atom. The SMILES string of the molecule is Cc1ccc(C)c(C(N)c2cc3ccccc3o2)c1. The molecular weight excluding hydrogens is 234 g/mol. The molecule has 96 valence electrons. The summed E-state index contributed by atoms with van der Waals surface area (Å²) >= 11 is 0. The van der Waals surface area contributed by atoms with Crippen LogP contribution in [0.3, 0.4) is 0 Å². The van der Waals surface area contributed by atoms with Crippen molar-refractivity contribution in [2.75, 3.05) is 0 Å². The number of aryl methyl sites for hydroxylation is 2. The third kappa shape index (κ3) is 2.15. The summed E-state index contributed by atoms with van der Waals surface area (Å²) in [6.07, 6.45) is 0. The maximum absolute atomic E-state index is 6.36. The number of para-hydroxylation sites is 1. The van der Waals surface area contributed by atoms with Crippen molar-refractivity contribution in [3.63, 3.8) is 0 Å². The van der Waals surface area contributed by atoms with E-state index in [9.17, 15) is 0 Å². The Balaban J connectivity index is 2.07. The van der Waals surface area contributed by atoms with E-state index in [1.807, 2.05) is 30.3 Å². The molecule has 2 heteroatoms. The summed E-state index contributed by atoms with van der Waals surface area (Å²) in [6, 6.07) is 16.1. The number of nitrogens with two attached hydrogens (primary N) is 1. The van der Waals surface area contributed by atoms with E-state index in [-0.39, 0.29) is 6.04 Å². The minimum absolute atomic E-state index is 0.215. The van der Waals surface area contributed by atoms with Gasteiger partial charge < -0.3 is 10.2 Å². The van der Waals surface area contributed by atoms with Crippen molar-refractivity contribution in [1.29, 1.82) is 0 Å². The average Bonchev–Trinajstić information content (AvgIpc) is 2.84. The summed E-state index contributed by atoms with van der Waals surface area (Å²) in [4.78, 5) is 0. The van der Waals surface area contributed by atoms with Crippen LogP contribution < -0.4 is 5.73 Å². The topological polar surface area (TPSA) is 39.2 Å². The molecule has 1 unspecified atom stereocenters. The zero-order valence-corrected chi connectivity index (χ0v) is 11.2. The molecule has 2 aromatic carbocycles. The van der Waals surface area contributed by atoms with Gasteiger partial charge in [-0.25, -0.2) is 0 Å². The molecule has 0 aliphatic carbocycles. The van der Waals surface area contributed by atoms with Crippen LogP contribution in [-0.2, 0) is 0 Å². The van der Waals surface area contributed by atoms with Gasteiger partial charge in [0.25, 0.3) is 0 Å². The Kier molecular flexibility index (Phi) is 2.88. The first-order valence-electron chi connectivity index (χ1n) is 6.46. The highest BCUT2D eigenvalue weighted by molar-refractivity contribution is 5.78.